The molecule has 0 amide bonds. The van der Waals surface area contributed by atoms with Gasteiger partial charge in [-0.1, -0.05) is 6.07 Å². The van der Waals surface area contributed by atoms with Crippen molar-refractivity contribution in [2.45, 2.75) is 6.04 Å². The smallest absolute Gasteiger partial charge is 0.165 e. The summed E-state index contributed by atoms with van der Waals surface area (Å²) >= 11 is 8.43. The van der Waals surface area contributed by atoms with E-state index in [0.717, 1.165) is 18.7 Å². The van der Waals surface area contributed by atoms with Crippen molar-refractivity contribution in [2.24, 2.45) is 5.84 Å². The van der Waals surface area contributed by atoms with Gasteiger partial charge < -0.3 is 4.74 Å². The van der Waals surface area contributed by atoms with Gasteiger partial charge in [-0.25, -0.2) is 9.82 Å². The van der Waals surface area contributed by atoms with E-state index in [0.29, 0.717) is 0 Å². The van der Waals surface area contributed by atoms with E-state index >= 15 is 0 Å². The number of methoxy groups -OCH3 is 1. The standard InChI is InChI=1S/C12H11Br2FN2OS/c1-18-9-3-2-6(4-8(9)15)11(17-16)7-5-10(13)19-12(7)14/h2-5,11,17H,16H2,1H3. The van der Waals surface area contributed by atoms with Gasteiger partial charge in [0.25, 0.3) is 0 Å². The lowest BCUT2D eigenvalue weighted by atomic mass is 10.0. The highest BCUT2D eigenvalue weighted by molar-refractivity contribution is 9.12. The van der Waals surface area contributed by atoms with E-state index in [1.807, 2.05) is 6.07 Å². The van der Waals surface area contributed by atoms with Crippen LogP contribution in [0.15, 0.2) is 31.8 Å². The van der Waals surface area contributed by atoms with Gasteiger partial charge in [-0.3, -0.25) is 5.84 Å². The molecule has 2 rings (SSSR count). The van der Waals surface area contributed by atoms with Gasteiger partial charge in [0.15, 0.2) is 11.6 Å². The van der Waals surface area contributed by atoms with Crippen LogP contribution in [-0.4, -0.2) is 7.11 Å². The van der Waals surface area contributed by atoms with Gasteiger partial charge in [0.05, 0.1) is 20.7 Å². The summed E-state index contributed by atoms with van der Waals surface area (Å²) in [4.78, 5) is 0. The van der Waals surface area contributed by atoms with Gasteiger partial charge in [-0.15, -0.1) is 11.3 Å². The molecule has 3 N–H and O–H groups in total. The highest BCUT2D eigenvalue weighted by Gasteiger charge is 2.19. The van der Waals surface area contributed by atoms with E-state index in [1.54, 1.807) is 12.1 Å². The zero-order chi connectivity index (χ0) is 14.0. The number of ether oxygens (including phenoxy) is 1. The molecule has 102 valence electrons. The Kier molecular flexibility index (Phi) is 4.97. The number of nitrogens with one attached hydrogen (secondary N) is 1. The number of thiophene rings is 1. The van der Waals surface area contributed by atoms with E-state index in [4.69, 9.17) is 10.6 Å². The zero-order valence-corrected chi connectivity index (χ0v) is 13.9. The van der Waals surface area contributed by atoms with Crippen LogP contribution in [0.25, 0.3) is 0 Å². The number of rotatable bonds is 4. The van der Waals surface area contributed by atoms with Gasteiger partial charge in [0, 0.05) is 5.56 Å². The van der Waals surface area contributed by atoms with Gasteiger partial charge in [-0.2, -0.15) is 0 Å². The second-order valence-corrected chi connectivity index (χ2v) is 7.52. The third-order valence-corrected chi connectivity index (χ3v) is 5.06. The molecule has 7 heteroatoms. The van der Waals surface area contributed by atoms with E-state index in [-0.39, 0.29) is 11.8 Å². The summed E-state index contributed by atoms with van der Waals surface area (Å²) in [6.45, 7) is 0. The molecule has 0 aliphatic rings. The molecule has 0 fully saturated rings. The zero-order valence-electron chi connectivity index (χ0n) is 9.91. The van der Waals surface area contributed by atoms with E-state index in [2.05, 4.69) is 37.3 Å². The minimum Gasteiger partial charge on any atom is -0.494 e. The molecule has 1 atom stereocenters. The van der Waals surface area contributed by atoms with E-state index in [1.165, 1.54) is 24.5 Å². The molecule has 0 bridgehead atoms. The molecule has 19 heavy (non-hydrogen) atoms. The number of hydrogen-bond acceptors (Lipinski definition) is 4. The van der Waals surface area contributed by atoms with E-state index in [9.17, 15) is 4.39 Å². The molecular weight excluding hydrogens is 399 g/mol. The van der Waals surface area contributed by atoms with Crippen LogP contribution in [0.2, 0.25) is 0 Å². The number of hydrogen-bond donors (Lipinski definition) is 2. The average molecular weight is 410 g/mol. The van der Waals surface area contributed by atoms with Gasteiger partial charge >= 0.3 is 0 Å². The summed E-state index contributed by atoms with van der Waals surface area (Å²) < 4.78 is 20.6. The maximum Gasteiger partial charge on any atom is 0.165 e. The van der Waals surface area contributed by atoms with Crippen molar-refractivity contribution in [3.8, 4) is 5.75 Å². The highest BCUT2D eigenvalue weighted by atomic mass is 79.9. The summed E-state index contributed by atoms with van der Waals surface area (Å²) in [6.07, 6.45) is 0. The third kappa shape index (κ3) is 3.17. The molecule has 1 aromatic heterocycles. The van der Waals surface area contributed by atoms with Crippen LogP contribution in [0.3, 0.4) is 0 Å². The molecule has 0 aliphatic heterocycles. The lowest BCUT2D eigenvalue weighted by Crippen LogP contribution is -2.28. The van der Waals surface area contributed by atoms with Crippen LogP contribution >= 0.6 is 43.2 Å². The topological polar surface area (TPSA) is 47.3 Å². The Bertz CT molecular complexity index is 591. The minimum atomic E-state index is -0.411. The molecule has 0 radical (unpaired) electrons. The van der Waals surface area contributed by atoms with Crippen molar-refractivity contribution in [3.05, 3.63) is 48.8 Å². The lowest BCUT2D eigenvalue weighted by Gasteiger charge is -2.16. The monoisotopic (exact) mass is 408 g/mol. The maximum absolute atomic E-state index is 13.8. The Morgan fingerprint density at radius 1 is 1.37 bits per heavy atom. The maximum atomic E-state index is 13.8. The Labute approximate surface area is 131 Å². The normalized spacial score (nSPS) is 12.5. The van der Waals surface area contributed by atoms with Crippen LogP contribution < -0.4 is 16.0 Å². The summed E-state index contributed by atoms with van der Waals surface area (Å²) in [7, 11) is 1.43. The fraction of sp³-hybridized carbons (Fsp3) is 0.167. The second-order valence-electron chi connectivity index (χ2n) is 3.77. The molecule has 2 aromatic rings. The second kappa shape index (κ2) is 6.32. The first-order valence-corrected chi connectivity index (χ1v) is 7.71. The molecule has 0 saturated carbocycles. The fourth-order valence-corrected chi connectivity index (χ4v) is 4.68. The number of hydrazine groups is 1. The molecule has 3 nitrogen and oxygen atoms in total. The van der Waals surface area contributed by atoms with Gasteiger partial charge in [0.2, 0.25) is 0 Å². The Balaban J connectivity index is 2.42. The van der Waals surface area contributed by atoms with Crippen molar-refractivity contribution in [3.63, 3.8) is 0 Å². The summed E-state index contributed by atoms with van der Waals surface area (Å²) in [5.41, 5.74) is 4.38. The van der Waals surface area contributed by atoms with Crippen molar-refractivity contribution in [1.82, 2.24) is 5.43 Å². The van der Waals surface area contributed by atoms with Gasteiger partial charge in [0.1, 0.15) is 0 Å². The Morgan fingerprint density at radius 3 is 2.58 bits per heavy atom. The van der Waals surface area contributed by atoms with Crippen LogP contribution in [0.1, 0.15) is 17.2 Å². The first-order chi connectivity index (χ1) is 9.06. The predicted molar refractivity (Wildman–Crippen MR) is 81.8 cm³/mol. The Hall–Kier alpha value is -0.470. The quantitative estimate of drug-likeness (QED) is 0.593. The first-order valence-electron chi connectivity index (χ1n) is 5.31. The van der Waals surface area contributed by atoms with E-state index < -0.39 is 5.82 Å². The molecule has 0 saturated heterocycles. The van der Waals surface area contributed by atoms with Crippen molar-refractivity contribution in [1.29, 1.82) is 0 Å². The van der Waals surface area contributed by atoms with Crippen molar-refractivity contribution >= 4 is 43.2 Å². The predicted octanol–water partition coefficient (Wildman–Crippen LogP) is 3.97. The van der Waals surface area contributed by atoms with Crippen LogP contribution in [0, 0.1) is 5.82 Å². The van der Waals surface area contributed by atoms with Crippen LogP contribution in [0.5, 0.6) is 5.75 Å². The largest absolute Gasteiger partial charge is 0.494 e. The number of halogens is 3. The van der Waals surface area contributed by atoms with Crippen molar-refractivity contribution in [2.75, 3.05) is 7.11 Å². The summed E-state index contributed by atoms with van der Waals surface area (Å²) in [5.74, 6) is 5.40. The fourth-order valence-electron chi connectivity index (χ4n) is 1.78. The molecule has 0 spiro atoms. The highest BCUT2D eigenvalue weighted by Crippen LogP contribution is 2.38. The number of benzene rings is 1. The SMILES string of the molecule is COc1ccc(C(NN)c2cc(Br)sc2Br)cc1F. The Morgan fingerprint density at radius 2 is 2.11 bits per heavy atom. The lowest BCUT2D eigenvalue weighted by molar-refractivity contribution is 0.385. The first kappa shape index (κ1) is 14.9. The van der Waals surface area contributed by atoms with Gasteiger partial charge in [-0.05, 0) is 55.6 Å². The van der Waals surface area contributed by atoms with Crippen LogP contribution in [-0.2, 0) is 0 Å². The molecule has 1 unspecified atom stereocenters. The summed E-state index contributed by atoms with van der Waals surface area (Å²) in [6, 6.07) is 6.44. The molecular formula is C12H11Br2FN2OS. The van der Waals surface area contributed by atoms with Crippen molar-refractivity contribution < 1.29 is 9.13 Å². The minimum absolute atomic E-state index is 0.213. The summed E-state index contributed by atoms with van der Waals surface area (Å²) in [5, 5.41) is 0. The molecule has 0 aliphatic carbocycles. The molecule has 1 aromatic carbocycles. The third-order valence-electron chi connectivity index (χ3n) is 2.67. The van der Waals surface area contributed by atoms with Crippen LogP contribution in [0.4, 0.5) is 4.39 Å². The number of nitrogens with two attached hydrogens (primary N) is 1. The molecule has 1 heterocycles. The average Bonchev–Trinajstić information content (AvgIpc) is 2.70.